The SMILES string of the molecule is CC1CCN(C(=O)COC(=O)/C=C/c2ccccc2[N+](=O)[O-])c2ccccc2S1. The van der Waals surface area contributed by atoms with Crippen LogP contribution in [0.5, 0.6) is 0 Å². The lowest BCUT2D eigenvalue weighted by Crippen LogP contribution is -2.35. The van der Waals surface area contributed by atoms with Crippen LogP contribution >= 0.6 is 11.8 Å². The van der Waals surface area contributed by atoms with Crippen molar-refractivity contribution in [2.24, 2.45) is 0 Å². The summed E-state index contributed by atoms with van der Waals surface area (Å²) in [5, 5.41) is 11.4. The van der Waals surface area contributed by atoms with Crippen LogP contribution in [0.25, 0.3) is 6.08 Å². The van der Waals surface area contributed by atoms with Crippen molar-refractivity contribution in [3.63, 3.8) is 0 Å². The first kappa shape index (κ1) is 20.6. The number of fused-ring (bicyclic) bond motifs is 1. The summed E-state index contributed by atoms with van der Waals surface area (Å²) in [5.41, 5.74) is 0.993. The van der Waals surface area contributed by atoms with Gasteiger partial charge in [-0.15, -0.1) is 11.8 Å². The zero-order valence-electron chi connectivity index (χ0n) is 15.8. The molecule has 1 aliphatic heterocycles. The normalized spacial score (nSPS) is 16.2. The smallest absolute Gasteiger partial charge is 0.331 e. The van der Waals surface area contributed by atoms with Gasteiger partial charge in [0.05, 0.1) is 16.2 Å². The van der Waals surface area contributed by atoms with Crippen molar-refractivity contribution in [1.82, 2.24) is 0 Å². The maximum atomic E-state index is 12.7. The molecule has 1 amide bonds. The lowest BCUT2D eigenvalue weighted by Gasteiger charge is -2.22. The number of nitro groups is 1. The Labute approximate surface area is 172 Å². The van der Waals surface area contributed by atoms with Crippen molar-refractivity contribution in [2.75, 3.05) is 18.1 Å². The number of benzene rings is 2. The van der Waals surface area contributed by atoms with E-state index < -0.39 is 17.5 Å². The number of ether oxygens (including phenoxy) is 1. The summed E-state index contributed by atoms with van der Waals surface area (Å²) in [6, 6.07) is 13.7. The molecular formula is C21H20N2O5S. The number of amides is 1. The maximum absolute atomic E-state index is 12.7. The number of hydrogen-bond acceptors (Lipinski definition) is 6. The topological polar surface area (TPSA) is 89.8 Å². The molecule has 0 saturated heterocycles. The van der Waals surface area contributed by atoms with Crippen molar-refractivity contribution in [1.29, 1.82) is 0 Å². The molecule has 0 aromatic heterocycles. The first-order valence-electron chi connectivity index (χ1n) is 9.10. The number of para-hydroxylation sites is 2. The zero-order valence-corrected chi connectivity index (χ0v) is 16.6. The molecule has 1 aliphatic rings. The van der Waals surface area contributed by atoms with E-state index in [0.29, 0.717) is 11.8 Å². The molecule has 0 radical (unpaired) electrons. The standard InChI is InChI=1S/C21H20N2O5S/c1-15-12-13-22(18-8-4-5-9-19(18)29-15)20(24)14-28-21(25)11-10-16-6-2-3-7-17(16)23(26)27/h2-11,15H,12-14H2,1H3/b11-10+. The average molecular weight is 412 g/mol. The Hall–Kier alpha value is -3.13. The van der Waals surface area contributed by atoms with Gasteiger partial charge in [0.15, 0.2) is 6.61 Å². The minimum atomic E-state index is -0.734. The van der Waals surface area contributed by atoms with Gasteiger partial charge < -0.3 is 9.64 Å². The second-order valence-electron chi connectivity index (χ2n) is 6.49. The molecule has 8 heteroatoms. The molecule has 29 heavy (non-hydrogen) atoms. The molecule has 3 rings (SSSR count). The summed E-state index contributed by atoms with van der Waals surface area (Å²) >= 11 is 1.72. The van der Waals surface area contributed by atoms with Crippen molar-refractivity contribution in [2.45, 2.75) is 23.5 Å². The summed E-state index contributed by atoms with van der Waals surface area (Å²) in [4.78, 5) is 37.8. The number of carbonyl (C=O) groups excluding carboxylic acids is 2. The van der Waals surface area contributed by atoms with E-state index in [2.05, 4.69) is 6.92 Å². The van der Waals surface area contributed by atoms with E-state index in [1.165, 1.54) is 18.2 Å². The summed E-state index contributed by atoms with van der Waals surface area (Å²) < 4.78 is 5.07. The molecule has 0 saturated carbocycles. The first-order chi connectivity index (χ1) is 14.0. The van der Waals surface area contributed by atoms with Gasteiger partial charge in [0.2, 0.25) is 0 Å². The number of esters is 1. The van der Waals surface area contributed by atoms with Crippen LogP contribution in [0.3, 0.4) is 0 Å². The van der Waals surface area contributed by atoms with Gasteiger partial charge in [-0.25, -0.2) is 4.79 Å². The molecule has 150 valence electrons. The fourth-order valence-corrected chi connectivity index (χ4v) is 4.07. The molecule has 7 nitrogen and oxygen atoms in total. The third-order valence-electron chi connectivity index (χ3n) is 4.41. The van der Waals surface area contributed by atoms with E-state index in [9.17, 15) is 19.7 Å². The van der Waals surface area contributed by atoms with Crippen LogP contribution < -0.4 is 4.90 Å². The predicted octanol–water partition coefficient (Wildman–Crippen LogP) is 4.07. The van der Waals surface area contributed by atoms with Gasteiger partial charge in [0.25, 0.3) is 11.6 Å². The van der Waals surface area contributed by atoms with Crippen molar-refractivity contribution in [3.8, 4) is 0 Å². The molecule has 1 atom stereocenters. The van der Waals surface area contributed by atoms with Crippen LogP contribution in [0.4, 0.5) is 11.4 Å². The van der Waals surface area contributed by atoms with E-state index in [-0.39, 0.29) is 17.2 Å². The third kappa shape index (κ3) is 5.23. The molecule has 1 heterocycles. The van der Waals surface area contributed by atoms with E-state index in [0.717, 1.165) is 23.1 Å². The Morgan fingerprint density at radius 1 is 1.24 bits per heavy atom. The molecule has 2 aromatic carbocycles. The van der Waals surface area contributed by atoms with Crippen molar-refractivity contribution < 1.29 is 19.2 Å². The monoisotopic (exact) mass is 412 g/mol. The number of thioether (sulfide) groups is 1. The van der Waals surface area contributed by atoms with Gasteiger partial charge in [-0.3, -0.25) is 14.9 Å². The Kier molecular flexibility index (Phi) is 6.66. The lowest BCUT2D eigenvalue weighted by atomic mass is 10.1. The molecule has 2 aromatic rings. The number of nitro benzene ring substituents is 1. The molecule has 0 N–H and O–H groups in total. The van der Waals surface area contributed by atoms with Crippen molar-refractivity contribution >= 4 is 41.1 Å². The fourth-order valence-electron chi connectivity index (χ4n) is 2.96. The molecule has 1 unspecified atom stereocenters. The highest BCUT2D eigenvalue weighted by molar-refractivity contribution is 8.00. The average Bonchev–Trinajstić information content (AvgIpc) is 2.88. The zero-order chi connectivity index (χ0) is 20.8. The van der Waals surface area contributed by atoms with Gasteiger partial charge in [0.1, 0.15) is 0 Å². The number of rotatable bonds is 5. The van der Waals surface area contributed by atoms with Crippen LogP contribution in [0.1, 0.15) is 18.9 Å². The van der Waals surface area contributed by atoms with Crippen LogP contribution in [-0.2, 0) is 14.3 Å². The van der Waals surface area contributed by atoms with Crippen molar-refractivity contribution in [3.05, 3.63) is 70.3 Å². The predicted molar refractivity (Wildman–Crippen MR) is 112 cm³/mol. The summed E-state index contributed by atoms with van der Waals surface area (Å²) in [5.74, 6) is -1.04. The van der Waals surface area contributed by atoms with Gasteiger partial charge in [-0.05, 0) is 30.7 Å². The second-order valence-corrected chi connectivity index (χ2v) is 7.97. The Morgan fingerprint density at radius 2 is 1.97 bits per heavy atom. The second kappa shape index (κ2) is 9.38. The van der Waals surface area contributed by atoms with Crippen LogP contribution in [0.15, 0.2) is 59.5 Å². The third-order valence-corrected chi connectivity index (χ3v) is 5.65. The molecule has 0 bridgehead atoms. The Bertz CT molecular complexity index is 960. The van der Waals surface area contributed by atoms with Gasteiger partial charge in [-0.2, -0.15) is 0 Å². The van der Waals surface area contributed by atoms with Crippen LogP contribution in [0.2, 0.25) is 0 Å². The highest BCUT2D eigenvalue weighted by atomic mass is 32.2. The summed E-state index contributed by atoms with van der Waals surface area (Å²) in [6.45, 7) is 2.27. The highest BCUT2D eigenvalue weighted by Crippen LogP contribution is 2.37. The fraction of sp³-hybridized carbons (Fsp3) is 0.238. The number of carbonyl (C=O) groups is 2. The van der Waals surface area contributed by atoms with E-state index in [1.807, 2.05) is 24.3 Å². The van der Waals surface area contributed by atoms with Gasteiger partial charge in [-0.1, -0.05) is 31.2 Å². The lowest BCUT2D eigenvalue weighted by molar-refractivity contribution is -0.385. The van der Waals surface area contributed by atoms with E-state index in [4.69, 9.17) is 4.74 Å². The van der Waals surface area contributed by atoms with Gasteiger partial charge >= 0.3 is 5.97 Å². The molecule has 0 aliphatic carbocycles. The van der Waals surface area contributed by atoms with Gasteiger partial charge in [0, 0.05) is 28.8 Å². The maximum Gasteiger partial charge on any atom is 0.331 e. The summed E-state index contributed by atoms with van der Waals surface area (Å²) in [6.07, 6.45) is 3.23. The quantitative estimate of drug-likeness (QED) is 0.318. The minimum Gasteiger partial charge on any atom is -0.452 e. The minimum absolute atomic E-state index is 0.111. The molecular weight excluding hydrogens is 392 g/mol. The Balaban J connectivity index is 1.64. The molecule has 0 fully saturated rings. The van der Waals surface area contributed by atoms with Crippen LogP contribution in [-0.4, -0.2) is 35.2 Å². The number of hydrogen-bond donors (Lipinski definition) is 0. The number of nitrogens with zero attached hydrogens (tertiary/aromatic N) is 2. The molecule has 0 spiro atoms. The number of anilines is 1. The Morgan fingerprint density at radius 3 is 2.76 bits per heavy atom. The van der Waals surface area contributed by atoms with E-state index in [1.54, 1.807) is 28.8 Å². The highest BCUT2D eigenvalue weighted by Gasteiger charge is 2.24. The van der Waals surface area contributed by atoms with Crippen LogP contribution in [0, 0.1) is 10.1 Å². The first-order valence-corrected chi connectivity index (χ1v) is 9.98. The van der Waals surface area contributed by atoms with E-state index >= 15 is 0 Å². The largest absolute Gasteiger partial charge is 0.452 e. The summed E-state index contributed by atoms with van der Waals surface area (Å²) in [7, 11) is 0.